The van der Waals surface area contributed by atoms with Crippen LogP contribution in [-0.4, -0.2) is 30.2 Å². The lowest BCUT2D eigenvalue weighted by atomic mass is 9.98. The molecule has 0 bridgehead atoms. The zero-order chi connectivity index (χ0) is 11.3. The van der Waals surface area contributed by atoms with E-state index in [4.69, 9.17) is 15.0 Å². The van der Waals surface area contributed by atoms with E-state index in [1.165, 1.54) is 0 Å². The average molecular weight is 387 g/mol. The van der Waals surface area contributed by atoms with Gasteiger partial charge in [0.2, 0.25) is 0 Å². The number of aliphatic hydroxyl groups is 1. The molecule has 4 nitrogen and oxygen atoms in total. The van der Waals surface area contributed by atoms with Crippen LogP contribution in [0.3, 0.4) is 0 Å². The van der Waals surface area contributed by atoms with Crippen molar-refractivity contribution in [3.05, 3.63) is 0 Å². The van der Waals surface area contributed by atoms with E-state index >= 15 is 0 Å². The molecule has 0 amide bonds. The zero-order valence-electron chi connectivity index (χ0n) is 7.09. The van der Waals surface area contributed by atoms with Gasteiger partial charge in [0.05, 0.1) is 0 Å². The summed E-state index contributed by atoms with van der Waals surface area (Å²) in [6.07, 6.45) is -1.83. The molecule has 0 fully saturated rings. The summed E-state index contributed by atoms with van der Waals surface area (Å²) in [6, 6.07) is 0. The summed E-state index contributed by atoms with van der Waals surface area (Å²) in [4.78, 5) is 8.56. The van der Waals surface area contributed by atoms with Crippen molar-refractivity contribution in [1.29, 1.82) is 0 Å². The van der Waals surface area contributed by atoms with E-state index in [9.17, 15) is 5.11 Å². The molecular formula is C6H11Br3O4. The van der Waals surface area contributed by atoms with Crippen LogP contribution in [0.25, 0.3) is 0 Å². The summed E-state index contributed by atoms with van der Waals surface area (Å²) < 4.78 is -0.976. The molecule has 0 rings (SSSR count). The third-order valence-electron chi connectivity index (χ3n) is 1.15. The Morgan fingerprint density at radius 1 is 1.31 bits per heavy atom. The van der Waals surface area contributed by atoms with Gasteiger partial charge in [-0.05, 0) is 31.9 Å². The van der Waals surface area contributed by atoms with Crippen LogP contribution in [0.5, 0.6) is 0 Å². The van der Waals surface area contributed by atoms with Gasteiger partial charge in [-0.1, -0.05) is 29.8 Å². The molecule has 80 valence electrons. The molecule has 0 aliphatic heterocycles. The number of carbonyl (C=O) groups is 1. The van der Waals surface area contributed by atoms with Gasteiger partial charge in [0.1, 0.15) is 0 Å². The number of alkyl halides is 3. The van der Waals surface area contributed by atoms with Crippen molar-refractivity contribution in [2.75, 3.05) is 5.33 Å². The molecule has 0 aliphatic rings. The van der Waals surface area contributed by atoms with Crippen LogP contribution in [0.4, 0.5) is 4.79 Å². The van der Waals surface area contributed by atoms with Gasteiger partial charge in [-0.15, -0.1) is 0 Å². The molecule has 0 atom stereocenters. The summed E-state index contributed by atoms with van der Waals surface area (Å²) in [5.41, 5.74) is -0.215. The molecule has 3 N–H and O–H groups in total. The number of hydrogen-bond donors (Lipinski definition) is 3. The van der Waals surface area contributed by atoms with Crippen molar-refractivity contribution in [3.8, 4) is 0 Å². The highest BCUT2D eigenvalue weighted by Crippen LogP contribution is 2.42. The zero-order valence-corrected chi connectivity index (χ0v) is 11.8. The van der Waals surface area contributed by atoms with E-state index in [0.29, 0.717) is 0 Å². The second kappa shape index (κ2) is 6.21. The molecule has 0 unspecified atom stereocenters. The Kier molecular flexibility index (Phi) is 7.70. The van der Waals surface area contributed by atoms with Crippen molar-refractivity contribution in [1.82, 2.24) is 0 Å². The molecule has 0 aromatic carbocycles. The minimum absolute atomic E-state index is 0.215. The highest BCUT2D eigenvalue weighted by molar-refractivity contribution is 9.25. The van der Waals surface area contributed by atoms with Crippen molar-refractivity contribution >= 4 is 53.9 Å². The molecule has 0 saturated carbocycles. The monoisotopic (exact) mass is 384 g/mol. The Morgan fingerprint density at radius 3 is 1.54 bits per heavy atom. The molecule has 0 spiro atoms. The summed E-state index contributed by atoms with van der Waals surface area (Å²) in [6.45, 7) is 3.87. The minimum Gasteiger partial charge on any atom is -0.450 e. The Balaban J connectivity index is 0. The molecule has 0 saturated heterocycles. The lowest BCUT2D eigenvalue weighted by Crippen LogP contribution is -2.34. The van der Waals surface area contributed by atoms with Gasteiger partial charge in [0.15, 0.2) is 3.42 Å². The maximum absolute atomic E-state index is 9.35. The minimum atomic E-state index is -1.83. The average Bonchev–Trinajstić information content (AvgIpc) is 1.84. The maximum Gasteiger partial charge on any atom is 0.503 e. The van der Waals surface area contributed by atoms with Crippen LogP contribution in [0, 0.1) is 5.41 Å². The van der Waals surface area contributed by atoms with Gasteiger partial charge in [-0.3, -0.25) is 0 Å². The van der Waals surface area contributed by atoms with Gasteiger partial charge >= 0.3 is 6.16 Å². The van der Waals surface area contributed by atoms with Crippen LogP contribution < -0.4 is 0 Å². The fraction of sp³-hybridized carbons (Fsp3) is 0.833. The molecule has 0 radical (unpaired) electrons. The lowest BCUT2D eigenvalue weighted by Gasteiger charge is -2.31. The van der Waals surface area contributed by atoms with E-state index in [1.54, 1.807) is 0 Å². The SMILES string of the molecule is CC(C)(CBr)C(O)(Br)Br.O=C(O)O. The first-order chi connectivity index (χ1) is 5.54. The third-order valence-corrected chi connectivity index (χ3v) is 4.70. The second-order valence-electron chi connectivity index (χ2n) is 2.84. The van der Waals surface area contributed by atoms with Gasteiger partial charge in [-0.2, -0.15) is 0 Å². The van der Waals surface area contributed by atoms with Gasteiger partial charge in [0.25, 0.3) is 0 Å². The summed E-state index contributed by atoms with van der Waals surface area (Å²) >= 11 is 9.49. The highest BCUT2D eigenvalue weighted by atomic mass is 79.9. The first-order valence-electron chi connectivity index (χ1n) is 3.12. The van der Waals surface area contributed by atoms with Gasteiger partial charge in [-0.25, -0.2) is 4.79 Å². The number of carboxylic acid groups (broad SMARTS) is 2. The van der Waals surface area contributed by atoms with Crippen LogP contribution in [-0.2, 0) is 0 Å². The summed E-state index contributed by atoms with van der Waals surface area (Å²) in [5, 5.41) is 24.0. The normalized spacial score (nSPS) is 11.5. The molecule has 0 aromatic heterocycles. The van der Waals surface area contributed by atoms with E-state index in [1.807, 2.05) is 13.8 Å². The van der Waals surface area contributed by atoms with Crippen LogP contribution in [0.15, 0.2) is 0 Å². The maximum atomic E-state index is 9.35. The summed E-state index contributed by atoms with van der Waals surface area (Å²) in [5.74, 6) is 0. The molecule has 0 aromatic rings. The van der Waals surface area contributed by atoms with Crippen molar-refractivity contribution in [2.45, 2.75) is 17.3 Å². The Bertz CT molecular complexity index is 160. The van der Waals surface area contributed by atoms with E-state index in [-0.39, 0.29) is 5.41 Å². The Hall–Kier alpha value is 0.670. The predicted molar refractivity (Wildman–Crippen MR) is 61.0 cm³/mol. The third kappa shape index (κ3) is 8.99. The van der Waals surface area contributed by atoms with Crippen molar-refractivity contribution < 1.29 is 20.1 Å². The molecular weight excluding hydrogens is 376 g/mol. The molecule has 0 heterocycles. The van der Waals surface area contributed by atoms with Crippen molar-refractivity contribution in [3.63, 3.8) is 0 Å². The van der Waals surface area contributed by atoms with Gasteiger partial charge in [0, 0.05) is 10.7 Å². The molecule has 13 heavy (non-hydrogen) atoms. The fourth-order valence-electron chi connectivity index (χ4n) is 0.0804. The van der Waals surface area contributed by atoms with E-state index < -0.39 is 9.57 Å². The Labute approximate surface area is 102 Å². The largest absolute Gasteiger partial charge is 0.503 e. The topological polar surface area (TPSA) is 77.8 Å². The first-order valence-corrected chi connectivity index (χ1v) is 5.83. The van der Waals surface area contributed by atoms with E-state index in [0.717, 1.165) is 5.33 Å². The van der Waals surface area contributed by atoms with Gasteiger partial charge < -0.3 is 15.3 Å². The summed E-state index contributed by atoms with van der Waals surface area (Å²) in [7, 11) is 0. The van der Waals surface area contributed by atoms with Crippen LogP contribution in [0.2, 0.25) is 0 Å². The number of hydrogen-bond acceptors (Lipinski definition) is 2. The standard InChI is InChI=1S/C5H9Br3O.CH2O3/c1-4(2,3-6)5(7,8)9;2-1(3)4/h9H,3H2,1-2H3;(H2,2,3,4). The number of halogens is 3. The van der Waals surface area contributed by atoms with Crippen molar-refractivity contribution in [2.24, 2.45) is 5.41 Å². The second-order valence-corrected chi connectivity index (χ2v) is 6.76. The highest BCUT2D eigenvalue weighted by Gasteiger charge is 2.37. The quantitative estimate of drug-likeness (QED) is 0.637. The van der Waals surface area contributed by atoms with Crippen LogP contribution in [0.1, 0.15) is 13.8 Å². The number of rotatable bonds is 2. The molecule has 7 heteroatoms. The fourth-order valence-corrected chi connectivity index (χ4v) is 1.52. The smallest absolute Gasteiger partial charge is 0.450 e. The van der Waals surface area contributed by atoms with Crippen LogP contribution >= 0.6 is 47.8 Å². The lowest BCUT2D eigenvalue weighted by molar-refractivity contribution is 0.129. The first kappa shape index (κ1) is 16.1. The Morgan fingerprint density at radius 2 is 1.54 bits per heavy atom. The molecule has 0 aliphatic carbocycles. The predicted octanol–water partition coefficient (Wildman–Crippen LogP) is 3.07. The van der Waals surface area contributed by atoms with E-state index in [2.05, 4.69) is 47.8 Å².